The van der Waals surface area contributed by atoms with Crippen molar-refractivity contribution in [1.29, 1.82) is 0 Å². The highest BCUT2D eigenvalue weighted by Gasteiger charge is 2.43. The first-order valence-corrected chi connectivity index (χ1v) is 10.0. The Balaban J connectivity index is 1.46. The topological polar surface area (TPSA) is 41.9 Å². The van der Waals surface area contributed by atoms with Gasteiger partial charge in [-0.1, -0.05) is 35.3 Å². The molecule has 1 saturated heterocycles. The Hall–Kier alpha value is -1.46. The summed E-state index contributed by atoms with van der Waals surface area (Å²) in [6.07, 6.45) is 2.10. The Kier molecular flexibility index (Phi) is 5.51. The van der Waals surface area contributed by atoms with Gasteiger partial charge in [0.05, 0.1) is 13.2 Å². The number of aliphatic hydroxyl groups is 1. The fourth-order valence-corrected chi connectivity index (χ4v) is 4.54. The minimum Gasteiger partial charge on any atom is -0.492 e. The normalized spacial score (nSPS) is 18.3. The van der Waals surface area contributed by atoms with Gasteiger partial charge in [-0.05, 0) is 44.1 Å². The van der Waals surface area contributed by atoms with Gasteiger partial charge in [0.15, 0.2) is 0 Å². The van der Waals surface area contributed by atoms with Gasteiger partial charge < -0.3 is 19.5 Å². The summed E-state index contributed by atoms with van der Waals surface area (Å²) < 4.78 is 11.9. The van der Waals surface area contributed by atoms with Crippen molar-refractivity contribution >= 4 is 23.2 Å². The fourth-order valence-electron chi connectivity index (χ4n) is 4.03. The molecule has 4 nitrogen and oxygen atoms in total. The first-order valence-electron chi connectivity index (χ1n) is 9.27. The average molecular weight is 408 g/mol. The summed E-state index contributed by atoms with van der Waals surface area (Å²) in [4.78, 5) is 2.31. The molecule has 0 aromatic heterocycles. The van der Waals surface area contributed by atoms with Gasteiger partial charge in [-0.25, -0.2) is 0 Å². The molecule has 0 aliphatic carbocycles. The molecule has 27 heavy (non-hydrogen) atoms. The number of hydrogen-bond acceptors (Lipinski definition) is 4. The maximum atomic E-state index is 9.13. The molecule has 6 heteroatoms. The first-order chi connectivity index (χ1) is 13.1. The van der Waals surface area contributed by atoms with Crippen molar-refractivity contribution in [2.75, 3.05) is 32.8 Å². The van der Waals surface area contributed by atoms with E-state index >= 15 is 0 Å². The maximum absolute atomic E-state index is 9.13. The van der Waals surface area contributed by atoms with Gasteiger partial charge in [-0.2, -0.15) is 0 Å². The molecule has 1 fully saturated rings. The van der Waals surface area contributed by atoms with Gasteiger partial charge in [0.25, 0.3) is 0 Å². The third-order valence-electron chi connectivity index (χ3n) is 5.70. The van der Waals surface area contributed by atoms with Crippen LogP contribution < -0.4 is 9.47 Å². The fraction of sp³-hybridized carbons (Fsp3) is 0.429. The molecule has 0 radical (unpaired) electrons. The molecule has 2 aliphatic heterocycles. The number of likely N-dealkylation sites (tertiary alicyclic amines) is 1. The Morgan fingerprint density at radius 1 is 1.11 bits per heavy atom. The van der Waals surface area contributed by atoms with Crippen LogP contribution in [0.1, 0.15) is 24.0 Å². The van der Waals surface area contributed by atoms with Crippen molar-refractivity contribution in [3.05, 3.63) is 57.6 Å². The van der Waals surface area contributed by atoms with Crippen molar-refractivity contribution < 1.29 is 14.6 Å². The molecule has 0 bridgehead atoms. The summed E-state index contributed by atoms with van der Waals surface area (Å²) in [5.41, 5.74) is 2.15. The van der Waals surface area contributed by atoms with Crippen LogP contribution in [0.5, 0.6) is 11.5 Å². The zero-order valence-electron chi connectivity index (χ0n) is 15.1. The monoisotopic (exact) mass is 407 g/mol. The molecule has 2 aromatic rings. The standard InChI is InChI=1S/C21H23Cl2NO3/c22-18-2-1-3-19(23)16(18)13-26-15-4-5-17-20(12-15)27-14-21(17)6-8-24(9-7-21)10-11-25/h1-5,12,25H,6-11,13-14H2. The highest BCUT2D eigenvalue weighted by Crippen LogP contribution is 2.46. The van der Waals surface area contributed by atoms with Crippen LogP contribution in [0.25, 0.3) is 0 Å². The predicted molar refractivity (Wildman–Crippen MR) is 107 cm³/mol. The maximum Gasteiger partial charge on any atom is 0.126 e. The molecule has 2 aromatic carbocycles. The number of halogens is 2. The van der Waals surface area contributed by atoms with Crippen LogP contribution in [-0.2, 0) is 12.0 Å². The average Bonchev–Trinajstić information content (AvgIpc) is 3.01. The summed E-state index contributed by atoms with van der Waals surface area (Å²) >= 11 is 12.4. The third kappa shape index (κ3) is 3.77. The SMILES string of the molecule is OCCN1CCC2(CC1)COc1cc(OCc3c(Cl)cccc3Cl)ccc12. The van der Waals surface area contributed by atoms with Crippen molar-refractivity contribution in [3.63, 3.8) is 0 Å². The molecule has 4 rings (SSSR count). The molecular formula is C21H23Cl2NO3. The second-order valence-corrected chi connectivity index (χ2v) is 8.10. The van der Waals surface area contributed by atoms with Crippen molar-refractivity contribution in [2.24, 2.45) is 0 Å². The van der Waals surface area contributed by atoms with Crippen molar-refractivity contribution in [1.82, 2.24) is 4.90 Å². The molecule has 0 atom stereocenters. The lowest BCUT2D eigenvalue weighted by Gasteiger charge is -2.38. The number of rotatable bonds is 5. The zero-order valence-corrected chi connectivity index (χ0v) is 16.6. The van der Waals surface area contributed by atoms with E-state index in [1.54, 1.807) is 0 Å². The summed E-state index contributed by atoms with van der Waals surface area (Å²) in [7, 11) is 0. The van der Waals surface area contributed by atoms with Crippen LogP contribution in [0.3, 0.4) is 0 Å². The quantitative estimate of drug-likeness (QED) is 0.802. The van der Waals surface area contributed by atoms with E-state index in [2.05, 4.69) is 11.0 Å². The summed E-state index contributed by atoms with van der Waals surface area (Å²) in [6.45, 7) is 3.99. The van der Waals surface area contributed by atoms with Crippen LogP contribution in [0, 0.1) is 0 Å². The van der Waals surface area contributed by atoms with Crippen LogP contribution in [0.15, 0.2) is 36.4 Å². The third-order valence-corrected chi connectivity index (χ3v) is 6.41. The van der Waals surface area contributed by atoms with Crippen LogP contribution in [-0.4, -0.2) is 42.9 Å². The Labute approximate surface area is 169 Å². The molecular weight excluding hydrogens is 385 g/mol. The van der Waals surface area contributed by atoms with E-state index in [0.29, 0.717) is 16.7 Å². The number of ether oxygens (including phenoxy) is 2. The molecule has 0 amide bonds. The lowest BCUT2D eigenvalue weighted by atomic mass is 9.74. The van der Waals surface area contributed by atoms with Crippen LogP contribution >= 0.6 is 23.2 Å². The summed E-state index contributed by atoms with van der Waals surface area (Å²) in [5, 5.41) is 10.3. The van der Waals surface area contributed by atoms with Crippen LogP contribution in [0.2, 0.25) is 10.0 Å². The van der Waals surface area contributed by atoms with E-state index in [1.807, 2.05) is 30.3 Å². The number of nitrogens with zero attached hydrogens (tertiary/aromatic N) is 1. The summed E-state index contributed by atoms with van der Waals surface area (Å²) in [5.74, 6) is 1.66. The Bertz CT molecular complexity index is 799. The van der Waals surface area contributed by atoms with E-state index in [-0.39, 0.29) is 12.0 Å². The predicted octanol–water partition coefficient (Wildman–Crippen LogP) is 4.29. The van der Waals surface area contributed by atoms with E-state index in [9.17, 15) is 0 Å². The van der Waals surface area contributed by atoms with E-state index in [0.717, 1.165) is 56.1 Å². The number of hydrogen-bond donors (Lipinski definition) is 1. The number of aliphatic hydroxyl groups excluding tert-OH is 1. The molecule has 1 spiro atoms. The van der Waals surface area contributed by atoms with Crippen molar-refractivity contribution in [2.45, 2.75) is 24.9 Å². The zero-order chi connectivity index (χ0) is 18.9. The minimum atomic E-state index is 0.0892. The second kappa shape index (κ2) is 7.88. The van der Waals surface area contributed by atoms with Gasteiger partial charge in [0, 0.05) is 39.2 Å². The van der Waals surface area contributed by atoms with E-state index in [1.165, 1.54) is 5.56 Å². The number of benzene rings is 2. The lowest BCUT2D eigenvalue weighted by molar-refractivity contribution is 0.116. The number of fused-ring (bicyclic) bond motifs is 2. The highest BCUT2D eigenvalue weighted by atomic mass is 35.5. The van der Waals surface area contributed by atoms with E-state index < -0.39 is 0 Å². The molecule has 0 saturated carbocycles. The van der Waals surface area contributed by atoms with Gasteiger partial charge >= 0.3 is 0 Å². The smallest absolute Gasteiger partial charge is 0.126 e. The minimum absolute atomic E-state index is 0.0892. The van der Waals surface area contributed by atoms with E-state index in [4.69, 9.17) is 37.8 Å². The number of piperidine rings is 1. The first kappa shape index (κ1) is 18.9. The van der Waals surface area contributed by atoms with Crippen LogP contribution in [0.4, 0.5) is 0 Å². The molecule has 0 unspecified atom stereocenters. The highest BCUT2D eigenvalue weighted by molar-refractivity contribution is 6.35. The van der Waals surface area contributed by atoms with Gasteiger partial charge in [0.1, 0.15) is 18.1 Å². The van der Waals surface area contributed by atoms with Crippen molar-refractivity contribution in [3.8, 4) is 11.5 Å². The largest absolute Gasteiger partial charge is 0.492 e. The summed E-state index contributed by atoms with van der Waals surface area (Å²) in [6, 6.07) is 11.5. The lowest BCUT2D eigenvalue weighted by Crippen LogP contribution is -2.44. The molecule has 2 heterocycles. The second-order valence-electron chi connectivity index (χ2n) is 7.28. The Morgan fingerprint density at radius 3 is 2.56 bits per heavy atom. The Morgan fingerprint density at radius 2 is 1.85 bits per heavy atom. The molecule has 144 valence electrons. The molecule has 2 aliphatic rings. The van der Waals surface area contributed by atoms with Gasteiger partial charge in [-0.15, -0.1) is 0 Å². The number of β-amino-alcohol motifs (C(OH)–C–C–N with tert-alkyl or cyclic N) is 1. The van der Waals surface area contributed by atoms with Gasteiger partial charge in [-0.3, -0.25) is 0 Å². The van der Waals surface area contributed by atoms with Gasteiger partial charge in [0.2, 0.25) is 0 Å². The molecule has 1 N–H and O–H groups in total.